The molecule has 0 radical (unpaired) electrons. The Bertz CT molecular complexity index is 1170. The Labute approximate surface area is 190 Å². The van der Waals surface area contributed by atoms with E-state index in [-0.39, 0.29) is 11.3 Å². The minimum absolute atomic E-state index is 0.000835. The average Bonchev–Trinajstić information content (AvgIpc) is 3.46. The van der Waals surface area contributed by atoms with Crippen LogP contribution in [0.4, 0.5) is 0 Å². The molecule has 4 rings (SSSR count). The second kappa shape index (κ2) is 9.56. The summed E-state index contributed by atoms with van der Waals surface area (Å²) in [6, 6.07) is 7.60. The topological polar surface area (TPSA) is 107 Å². The van der Waals surface area contributed by atoms with Crippen LogP contribution in [0.2, 0.25) is 0 Å². The van der Waals surface area contributed by atoms with Crippen LogP contribution in [-0.4, -0.2) is 57.0 Å². The van der Waals surface area contributed by atoms with Gasteiger partial charge in [0, 0.05) is 43.9 Å². The number of methoxy groups -OCH3 is 2. The number of aliphatic hydroxyl groups is 1. The molecule has 0 saturated carbocycles. The number of ketones is 1. The van der Waals surface area contributed by atoms with E-state index in [0.29, 0.717) is 42.1 Å². The number of benzene rings is 1. The Hall–Kier alpha value is -4.14. The van der Waals surface area contributed by atoms with Crippen molar-refractivity contribution in [3.8, 4) is 11.5 Å². The number of imidazole rings is 1. The molecule has 1 aromatic carbocycles. The summed E-state index contributed by atoms with van der Waals surface area (Å²) in [5.41, 5.74) is 0.927. The zero-order valence-corrected chi connectivity index (χ0v) is 18.3. The van der Waals surface area contributed by atoms with Gasteiger partial charge in [-0.1, -0.05) is 6.07 Å². The van der Waals surface area contributed by atoms with Crippen molar-refractivity contribution in [1.82, 2.24) is 19.4 Å². The number of pyridine rings is 1. The summed E-state index contributed by atoms with van der Waals surface area (Å²) in [7, 11) is 2.98. The van der Waals surface area contributed by atoms with Crippen molar-refractivity contribution in [1.29, 1.82) is 0 Å². The molecule has 9 heteroatoms. The first-order valence-electron chi connectivity index (χ1n) is 10.4. The standard InChI is InChI=1S/C24H24N4O5/c1-32-17-6-7-18(19(13-17)33-2)22(29)20-21(16-5-3-8-25-14-16)28(24(31)23(20)30)11-4-10-27-12-9-26-15-27/h3,5-9,12-15,21,29H,4,10-11H2,1-2H3/t21-/m1/s1. The number of hydrogen-bond donors (Lipinski definition) is 1. The third-order valence-corrected chi connectivity index (χ3v) is 5.58. The van der Waals surface area contributed by atoms with E-state index in [1.807, 2.05) is 10.8 Å². The van der Waals surface area contributed by atoms with Crippen molar-refractivity contribution in [3.05, 3.63) is 78.1 Å². The molecule has 1 N–H and O–H groups in total. The quantitative estimate of drug-likeness (QED) is 0.321. The number of ether oxygens (including phenoxy) is 2. The molecule has 3 aromatic rings. The van der Waals surface area contributed by atoms with Gasteiger partial charge in [-0.3, -0.25) is 14.6 Å². The van der Waals surface area contributed by atoms with Crippen LogP contribution in [0.15, 0.2) is 67.0 Å². The van der Waals surface area contributed by atoms with Crippen LogP contribution in [0.25, 0.3) is 5.76 Å². The Morgan fingerprint density at radius 2 is 1.94 bits per heavy atom. The number of carbonyl (C=O) groups excluding carboxylic acids is 2. The molecule has 1 aliphatic rings. The van der Waals surface area contributed by atoms with Crippen molar-refractivity contribution in [2.24, 2.45) is 0 Å². The minimum Gasteiger partial charge on any atom is -0.507 e. The lowest BCUT2D eigenvalue weighted by Gasteiger charge is -2.25. The van der Waals surface area contributed by atoms with E-state index in [0.717, 1.165) is 0 Å². The van der Waals surface area contributed by atoms with Gasteiger partial charge in [0.2, 0.25) is 0 Å². The lowest BCUT2D eigenvalue weighted by atomic mass is 9.96. The summed E-state index contributed by atoms with van der Waals surface area (Å²) >= 11 is 0. The van der Waals surface area contributed by atoms with E-state index >= 15 is 0 Å². The zero-order chi connectivity index (χ0) is 23.4. The van der Waals surface area contributed by atoms with Gasteiger partial charge in [-0.05, 0) is 30.2 Å². The normalized spacial score (nSPS) is 17.4. The Morgan fingerprint density at radius 1 is 1.09 bits per heavy atom. The highest BCUT2D eigenvalue weighted by molar-refractivity contribution is 6.46. The van der Waals surface area contributed by atoms with Crippen LogP contribution in [0.3, 0.4) is 0 Å². The SMILES string of the molecule is COc1ccc(C(O)=C2C(=O)C(=O)N(CCCn3ccnc3)[C@@H]2c2cccnc2)c(OC)c1. The number of likely N-dealkylation sites (tertiary alicyclic amines) is 1. The Kier molecular flexibility index (Phi) is 6.39. The lowest BCUT2D eigenvalue weighted by molar-refractivity contribution is -0.139. The molecule has 0 unspecified atom stereocenters. The van der Waals surface area contributed by atoms with Crippen molar-refractivity contribution in [2.75, 3.05) is 20.8 Å². The predicted molar refractivity (Wildman–Crippen MR) is 120 cm³/mol. The molecule has 1 atom stereocenters. The third kappa shape index (κ3) is 4.30. The Morgan fingerprint density at radius 3 is 2.61 bits per heavy atom. The first-order valence-corrected chi connectivity index (χ1v) is 10.4. The summed E-state index contributed by atoms with van der Waals surface area (Å²) in [6.07, 6.45) is 9.03. The molecule has 9 nitrogen and oxygen atoms in total. The highest BCUT2D eigenvalue weighted by Gasteiger charge is 2.46. The number of Topliss-reactive ketones (excluding diaryl/α,β-unsaturated/α-hetero) is 1. The van der Waals surface area contributed by atoms with Gasteiger partial charge in [0.15, 0.2) is 0 Å². The van der Waals surface area contributed by atoms with Gasteiger partial charge in [0.25, 0.3) is 11.7 Å². The molecule has 0 spiro atoms. The van der Waals surface area contributed by atoms with Crippen LogP contribution in [0.1, 0.15) is 23.6 Å². The van der Waals surface area contributed by atoms with Crippen LogP contribution >= 0.6 is 0 Å². The maximum Gasteiger partial charge on any atom is 0.295 e. The molecular formula is C24H24N4O5. The van der Waals surface area contributed by atoms with Gasteiger partial charge < -0.3 is 24.0 Å². The summed E-state index contributed by atoms with van der Waals surface area (Å²) in [5, 5.41) is 11.2. The van der Waals surface area contributed by atoms with E-state index < -0.39 is 17.7 Å². The highest BCUT2D eigenvalue weighted by atomic mass is 16.5. The van der Waals surface area contributed by atoms with E-state index in [4.69, 9.17) is 9.47 Å². The number of hydrogen-bond acceptors (Lipinski definition) is 7. The molecule has 170 valence electrons. The van der Waals surface area contributed by atoms with Gasteiger partial charge in [0.1, 0.15) is 17.3 Å². The predicted octanol–water partition coefficient (Wildman–Crippen LogP) is 2.81. The Balaban J connectivity index is 1.75. The molecule has 2 aromatic heterocycles. The van der Waals surface area contributed by atoms with Crippen LogP contribution in [0.5, 0.6) is 11.5 Å². The van der Waals surface area contributed by atoms with Crippen LogP contribution in [-0.2, 0) is 16.1 Å². The molecule has 0 bridgehead atoms. The fourth-order valence-corrected chi connectivity index (χ4v) is 3.98. The van der Waals surface area contributed by atoms with E-state index in [1.54, 1.807) is 55.2 Å². The molecule has 1 amide bonds. The number of rotatable bonds is 8. The maximum absolute atomic E-state index is 13.1. The molecule has 1 saturated heterocycles. The molecular weight excluding hydrogens is 424 g/mol. The first-order chi connectivity index (χ1) is 16.0. The molecule has 33 heavy (non-hydrogen) atoms. The molecule has 0 aliphatic carbocycles. The summed E-state index contributed by atoms with van der Waals surface area (Å²) < 4.78 is 12.5. The van der Waals surface area contributed by atoms with Crippen LogP contribution < -0.4 is 9.47 Å². The average molecular weight is 448 g/mol. The van der Waals surface area contributed by atoms with E-state index in [9.17, 15) is 14.7 Å². The minimum atomic E-state index is -0.770. The second-order valence-electron chi connectivity index (χ2n) is 7.50. The number of aromatic nitrogens is 3. The smallest absolute Gasteiger partial charge is 0.295 e. The van der Waals surface area contributed by atoms with Crippen molar-refractivity contribution in [3.63, 3.8) is 0 Å². The van der Waals surface area contributed by atoms with Gasteiger partial charge in [-0.2, -0.15) is 0 Å². The molecule has 1 fully saturated rings. The largest absolute Gasteiger partial charge is 0.507 e. The number of amides is 1. The molecule has 3 heterocycles. The van der Waals surface area contributed by atoms with Crippen molar-refractivity contribution in [2.45, 2.75) is 19.0 Å². The fourth-order valence-electron chi connectivity index (χ4n) is 3.98. The van der Waals surface area contributed by atoms with Crippen molar-refractivity contribution >= 4 is 17.4 Å². The summed E-state index contributed by atoms with van der Waals surface area (Å²) in [4.78, 5) is 35.8. The summed E-state index contributed by atoms with van der Waals surface area (Å²) in [5.74, 6) is -0.862. The fraction of sp³-hybridized carbons (Fsp3) is 0.250. The zero-order valence-electron chi connectivity index (χ0n) is 18.3. The second-order valence-corrected chi connectivity index (χ2v) is 7.50. The van der Waals surface area contributed by atoms with Crippen LogP contribution in [0, 0.1) is 0 Å². The van der Waals surface area contributed by atoms with Gasteiger partial charge in [0.05, 0.1) is 37.7 Å². The lowest BCUT2D eigenvalue weighted by Crippen LogP contribution is -2.31. The van der Waals surface area contributed by atoms with Crippen molar-refractivity contribution < 1.29 is 24.2 Å². The summed E-state index contributed by atoms with van der Waals surface area (Å²) in [6.45, 7) is 0.952. The van der Waals surface area contributed by atoms with E-state index in [1.165, 1.54) is 19.1 Å². The first kappa shape index (κ1) is 22.1. The van der Waals surface area contributed by atoms with Gasteiger partial charge in [-0.15, -0.1) is 0 Å². The third-order valence-electron chi connectivity index (χ3n) is 5.58. The number of carbonyl (C=O) groups is 2. The van der Waals surface area contributed by atoms with Gasteiger partial charge >= 0.3 is 0 Å². The maximum atomic E-state index is 13.1. The van der Waals surface area contributed by atoms with E-state index in [2.05, 4.69) is 9.97 Å². The number of nitrogens with zero attached hydrogens (tertiary/aromatic N) is 4. The number of aryl methyl sites for hydroxylation is 1. The monoisotopic (exact) mass is 448 g/mol. The van der Waals surface area contributed by atoms with Gasteiger partial charge in [-0.25, -0.2) is 4.98 Å². The molecule has 1 aliphatic heterocycles. The number of aliphatic hydroxyl groups excluding tert-OH is 1. The highest BCUT2D eigenvalue weighted by Crippen LogP contribution is 2.41.